The molecule has 0 spiro atoms. The van der Waals surface area contributed by atoms with Gasteiger partial charge in [0, 0.05) is 5.56 Å². The van der Waals surface area contributed by atoms with E-state index in [9.17, 15) is 0 Å². The van der Waals surface area contributed by atoms with Crippen molar-refractivity contribution in [1.29, 1.82) is 0 Å². The summed E-state index contributed by atoms with van der Waals surface area (Å²) >= 11 is 1.66. The molecule has 0 saturated heterocycles. The van der Waals surface area contributed by atoms with Gasteiger partial charge in [-0.15, -0.1) is 11.3 Å². The molecule has 4 aromatic carbocycles. The summed E-state index contributed by atoms with van der Waals surface area (Å²) < 4.78 is 40.9. The topological polar surface area (TPSA) is 77.5 Å². The molecule has 234 valence electrons. The van der Waals surface area contributed by atoms with Crippen LogP contribution in [0, 0.1) is 0 Å². The highest BCUT2D eigenvalue weighted by atomic mass is 32.1. The van der Waals surface area contributed by atoms with Gasteiger partial charge in [-0.2, -0.15) is 0 Å². The van der Waals surface area contributed by atoms with Crippen molar-refractivity contribution >= 4 is 33.7 Å². The van der Waals surface area contributed by atoms with Gasteiger partial charge in [0.1, 0.15) is 5.01 Å². The summed E-state index contributed by atoms with van der Waals surface area (Å²) in [6, 6.07) is 23.7. The smallest absolute Gasteiger partial charge is 0.203 e. The van der Waals surface area contributed by atoms with E-state index in [-0.39, 0.29) is 0 Å². The molecule has 5 rings (SSSR count). The number of aromatic nitrogens is 1. The zero-order valence-corrected chi connectivity index (χ0v) is 26.9. The molecule has 0 radical (unpaired) electrons. The Bertz CT molecular complexity index is 1710. The quantitative estimate of drug-likeness (QED) is 0.0846. The molecule has 0 aliphatic rings. The van der Waals surface area contributed by atoms with Crippen molar-refractivity contribution in [2.45, 2.75) is 12.8 Å². The van der Waals surface area contributed by atoms with Crippen molar-refractivity contribution in [2.24, 2.45) is 0 Å². The zero-order chi connectivity index (χ0) is 31.6. The predicted octanol–water partition coefficient (Wildman–Crippen LogP) is 8.41. The van der Waals surface area contributed by atoms with Crippen LogP contribution in [0.1, 0.15) is 24.0 Å². The molecule has 0 saturated carbocycles. The number of thiazole rings is 1. The number of unbranched alkanes of at least 4 members (excludes halogenated alkanes) is 1. The average molecular weight is 628 g/mol. The van der Waals surface area contributed by atoms with Gasteiger partial charge in [0.05, 0.1) is 59.0 Å². The summed E-state index contributed by atoms with van der Waals surface area (Å²) in [7, 11) is 8.07. The van der Waals surface area contributed by atoms with Gasteiger partial charge in [-0.1, -0.05) is 30.4 Å². The molecule has 9 heteroatoms. The van der Waals surface area contributed by atoms with Crippen LogP contribution in [0.3, 0.4) is 0 Å². The molecule has 0 aliphatic heterocycles. The second kappa shape index (κ2) is 15.2. The Balaban J connectivity index is 1.17. The fourth-order valence-corrected chi connectivity index (χ4v) is 5.75. The number of ether oxygens (including phenoxy) is 7. The maximum Gasteiger partial charge on any atom is 0.203 e. The Hall–Kier alpha value is -4.89. The molecule has 1 aromatic heterocycles. The monoisotopic (exact) mass is 627 g/mol. The van der Waals surface area contributed by atoms with E-state index < -0.39 is 0 Å². The highest BCUT2D eigenvalue weighted by Crippen LogP contribution is 2.39. The van der Waals surface area contributed by atoms with Gasteiger partial charge in [-0.25, -0.2) is 4.98 Å². The van der Waals surface area contributed by atoms with Gasteiger partial charge in [0.2, 0.25) is 5.75 Å². The molecular weight excluding hydrogens is 590 g/mol. The summed E-state index contributed by atoms with van der Waals surface area (Å²) in [5.41, 5.74) is 3.86. The number of fused-ring (bicyclic) bond motifs is 1. The lowest BCUT2D eigenvalue weighted by Crippen LogP contribution is -2.04. The Morgan fingerprint density at radius 2 is 1.16 bits per heavy atom. The molecule has 0 fully saturated rings. The van der Waals surface area contributed by atoms with Crippen LogP contribution < -0.4 is 33.2 Å². The van der Waals surface area contributed by atoms with Crippen LogP contribution in [-0.4, -0.2) is 53.7 Å². The van der Waals surface area contributed by atoms with Crippen LogP contribution >= 0.6 is 11.3 Å². The molecule has 0 amide bonds. The first-order chi connectivity index (χ1) is 22.1. The number of methoxy groups -OCH3 is 5. The van der Waals surface area contributed by atoms with Crippen LogP contribution in [0.4, 0.5) is 0 Å². The molecule has 8 nitrogen and oxygen atoms in total. The minimum atomic E-state index is 0.517. The van der Waals surface area contributed by atoms with Crippen molar-refractivity contribution in [2.75, 3.05) is 48.8 Å². The lowest BCUT2D eigenvalue weighted by molar-refractivity contribution is 0.252. The minimum absolute atomic E-state index is 0.517. The first-order valence-electron chi connectivity index (χ1n) is 14.5. The second-order valence-electron chi connectivity index (χ2n) is 9.96. The van der Waals surface area contributed by atoms with Crippen LogP contribution in [0.5, 0.6) is 40.2 Å². The summed E-state index contributed by atoms with van der Waals surface area (Å²) in [6.07, 6.45) is 5.58. The molecule has 0 N–H and O–H groups in total. The van der Waals surface area contributed by atoms with E-state index in [1.54, 1.807) is 46.9 Å². The number of para-hydroxylation sites is 1. The van der Waals surface area contributed by atoms with Gasteiger partial charge < -0.3 is 33.2 Å². The average Bonchev–Trinajstić information content (AvgIpc) is 3.52. The van der Waals surface area contributed by atoms with Crippen LogP contribution in [0.15, 0.2) is 72.8 Å². The number of benzene rings is 4. The molecule has 0 unspecified atom stereocenters. The van der Waals surface area contributed by atoms with E-state index in [4.69, 9.17) is 38.1 Å². The third-order valence-electron chi connectivity index (χ3n) is 7.10. The van der Waals surface area contributed by atoms with Crippen LogP contribution in [-0.2, 0) is 0 Å². The molecular formula is C36H37NO7S. The first kappa shape index (κ1) is 31.5. The lowest BCUT2D eigenvalue weighted by atomic mass is 10.1. The van der Waals surface area contributed by atoms with Crippen LogP contribution in [0.2, 0.25) is 0 Å². The Labute approximate surface area is 267 Å². The van der Waals surface area contributed by atoms with Crippen molar-refractivity contribution in [3.05, 3.63) is 83.9 Å². The highest BCUT2D eigenvalue weighted by Gasteiger charge is 2.13. The van der Waals surface area contributed by atoms with E-state index in [0.29, 0.717) is 53.5 Å². The molecule has 5 aromatic rings. The van der Waals surface area contributed by atoms with E-state index in [1.807, 2.05) is 78.9 Å². The van der Waals surface area contributed by atoms with E-state index in [0.717, 1.165) is 44.8 Å². The summed E-state index contributed by atoms with van der Waals surface area (Å²) in [5, 5.41) is 0.951. The third-order valence-corrected chi connectivity index (χ3v) is 8.19. The molecule has 45 heavy (non-hydrogen) atoms. The van der Waals surface area contributed by atoms with Gasteiger partial charge in [0.25, 0.3) is 0 Å². The molecule has 1 heterocycles. The maximum absolute atomic E-state index is 6.14. The van der Waals surface area contributed by atoms with E-state index >= 15 is 0 Å². The Kier molecular flexibility index (Phi) is 10.7. The third kappa shape index (κ3) is 7.61. The number of rotatable bonds is 15. The Morgan fingerprint density at radius 1 is 0.578 bits per heavy atom. The van der Waals surface area contributed by atoms with Crippen molar-refractivity contribution in [1.82, 2.24) is 4.98 Å². The van der Waals surface area contributed by atoms with Crippen molar-refractivity contribution in [3.63, 3.8) is 0 Å². The summed E-state index contributed by atoms with van der Waals surface area (Å²) in [5.74, 6) is 4.49. The molecule has 0 aliphatic carbocycles. The van der Waals surface area contributed by atoms with Gasteiger partial charge in [0.15, 0.2) is 34.5 Å². The lowest BCUT2D eigenvalue weighted by Gasteiger charge is -2.13. The normalized spacial score (nSPS) is 11.0. The van der Waals surface area contributed by atoms with Gasteiger partial charge in [-0.05, 0) is 78.6 Å². The standard InChI is InChI=1S/C36H37NO7S/c1-38-28-16-14-24(12-13-25-21-32(40-3)35(42-5)33(22-25)41-4)20-30(28)43-18-8-9-19-44-31-23-26(15-17-29(31)39-2)36-37-27-10-6-7-11-34(27)45-36/h6-7,10-17,20-23H,8-9,18-19H2,1-5H3/b13-12-. The largest absolute Gasteiger partial charge is 0.493 e. The first-order valence-corrected chi connectivity index (χ1v) is 15.3. The summed E-state index contributed by atoms with van der Waals surface area (Å²) in [6.45, 7) is 1.04. The predicted molar refractivity (Wildman–Crippen MR) is 180 cm³/mol. The van der Waals surface area contributed by atoms with Crippen molar-refractivity contribution in [3.8, 4) is 50.8 Å². The van der Waals surface area contributed by atoms with Gasteiger partial charge >= 0.3 is 0 Å². The van der Waals surface area contributed by atoms with E-state index in [2.05, 4.69) is 6.07 Å². The number of hydrogen-bond donors (Lipinski definition) is 0. The fourth-order valence-electron chi connectivity index (χ4n) is 4.79. The van der Waals surface area contributed by atoms with Crippen molar-refractivity contribution < 1.29 is 33.2 Å². The Morgan fingerprint density at radius 3 is 1.78 bits per heavy atom. The number of nitrogens with zero attached hydrogens (tertiary/aromatic N) is 1. The summed E-state index contributed by atoms with van der Waals surface area (Å²) in [4.78, 5) is 4.77. The second-order valence-corrected chi connectivity index (χ2v) is 11.0. The zero-order valence-electron chi connectivity index (χ0n) is 26.1. The maximum atomic E-state index is 6.14. The molecule has 0 bridgehead atoms. The highest BCUT2D eigenvalue weighted by molar-refractivity contribution is 7.21. The van der Waals surface area contributed by atoms with E-state index in [1.165, 1.54) is 0 Å². The SMILES string of the molecule is COc1ccc(/C=C\c2cc(OC)c(OC)c(OC)c2)cc1OCCCCOc1cc(-c2nc3ccccc3s2)ccc1OC. The number of hydrogen-bond acceptors (Lipinski definition) is 9. The van der Waals surface area contributed by atoms with Gasteiger partial charge in [-0.3, -0.25) is 0 Å². The fraction of sp³-hybridized carbons (Fsp3) is 0.250. The molecule has 0 atom stereocenters. The minimum Gasteiger partial charge on any atom is -0.493 e. The van der Waals surface area contributed by atoms with Crippen LogP contribution in [0.25, 0.3) is 32.9 Å².